The van der Waals surface area contributed by atoms with Gasteiger partial charge in [-0.05, 0) is 31.9 Å². The van der Waals surface area contributed by atoms with Crippen LogP contribution in [-0.2, 0) is 0 Å². The second kappa shape index (κ2) is 6.91. The zero-order chi connectivity index (χ0) is 19.1. The van der Waals surface area contributed by atoms with Crippen molar-refractivity contribution >= 4 is 22.7 Å². The van der Waals surface area contributed by atoms with Gasteiger partial charge in [0.1, 0.15) is 0 Å². The number of para-hydroxylation sites is 1. The first kappa shape index (κ1) is 17.2. The van der Waals surface area contributed by atoms with Crippen molar-refractivity contribution in [1.82, 2.24) is 19.7 Å². The summed E-state index contributed by atoms with van der Waals surface area (Å²) in [6, 6.07) is 17.5. The van der Waals surface area contributed by atoms with Crippen LogP contribution < -0.4 is 5.56 Å². The number of nitrogens with zero attached hydrogens (tertiary/aromatic N) is 4. The zero-order valence-corrected chi connectivity index (χ0v) is 16.1. The van der Waals surface area contributed by atoms with Crippen molar-refractivity contribution in [2.24, 2.45) is 0 Å². The lowest BCUT2D eigenvalue weighted by molar-refractivity contribution is 0.380. The Kier molecular flexibility index (Phi) is 4.24. The molecule has 6 nitrogen and oxygen atoms in total. The van der Waals surface area contributed by atoms with Gasteiger partial charge in [0.2, 0.25) is 11.7 Å². The highest BCUT2D eigenvalue weighted by Gasteiger charge is 2.30. The van der Waals surface area contributed by atoms with Gasteiger partial charge in [-0.25, -0.2) is 4.98 Å². The Morgan fingerprint density at radius 3 is 2.61 bits per heavy atom. The molecule has 1 saturated carbocycles. The second-order valence-corrected chi connectivity index (χ2v) is 8.21. The van der Waals surface area contributed by atoms with Gasteiger partial charge < -0.3 is 4.52 Å². The van der Waals surface area contributed by atoms with Gasteiger partial charge in [-0.1, -0.05) is 59.4 Å². The fraction of sp³-hybridized carbons (Fsp3) is 0.238. The molecule has 1 aliphatic rings. The fourth-order valence-electron chi connectivity index (χ4n) is 3.18. The smallest absolute Gasteiger partial charge is 0.262 e. The van der Waals surface area contributed by atoms with Gasteiger partial charge in [0.15, 0.2) is 5.16 Å². The maximum atomic E-state index is 13.0. The van der Waals surface area contributed by atoms with Crippen molar-refractivity contribution in [2.45, 2.75) is 36.2 Å². The van der Waals surface area contributed by atoms with Crippen molar-refractivity contribution in [2.75, 3.05) is 0 Å². The topological polar surface area (TPSA) is 73.8 Å². The van der Waals surface area contributed by atoms with Gasteiger partial charge in [0.25, 0.3) is 5.56 Å². The third kappa shape index (κ3) is 3.11. The summed E-state index contributed by atoms with van der Waals surface area (Å²) in [6.07, 6.45) is 2.03. The Morgan fingerprint density at radius 2 is 1.82 bits per heavy atom. The lowest BCUT2D eigenvalue weighted by atomic mass is 10.2. The number of hydrogen-bond donors (Lipinski definition) is 0. The van der Waals surface area contributed by atoms with Crippen molar-refractivity contribution in [3.63, 3.8) is 0 Å². The van der Waals surface area contributed by atoms with E-state index in [-0.39, 0.29) is 16.9 Å². The maximum absolute atomic E-state index is 13.0. The minimum absolute atomic E-state index is 0.0262. The summed E-state index contributed by atoms with van der Waals surface area (Å²) in [5.41, 5.74) is 1.65. The molecule has 7 heteroatoms. The van der Waals surface area contributed by atoms with Gasteiger partial charge in [-0.2, -0.15) is 4.98 Å². The molecule has 0 amide bonds. The van der Waals surface area contributed by atoms with Crippen LogP contribution in [0.5, 0.6) is 0 Å². The van der Waals surface area contributed by atoms with Gasteiger partial charge in [-0.15, -0.1) is 0 Å². The van der Waals surface area contributed by atoms with Crippen LogP contribution in [0.2, 0.25) is 0 Å². The standard InChI is InChI=1S/C21H18N4O2S/c1-13(19-23-18(24-27-19)14-7-3-2-4-8-14)28-21-22-17-10-6-5-9-16(17)20(26)25(21)15-11-12-15/h2-10,13,15H,11-12H2,1H3/t13-/m0/s1. The number of benzene rings is 2. The van der Waals surface area contributed by atoms with E-state index in [9.17, 15) is 4.79 Å². The first-order chi connectivity index (χ1) is 13.7. The van der Waals surface area contributed by atoms with E-state index in [2.05, 4.69) is 10.1 Å². The lowest BCUT2D eigenvalue weighted by Crippen LogP contribution is -2.22. The minimum Gasteiger partial charge on any atom is -0.338 e. The summed E-state index contributed by atoms with van der Waals surface area (Å²) in [4.78, 5) is 22.3. The van der Waals surface area contributed by atoms with Crippen molar-refractivity contribution in [1.29, 1.82) is 0 Å². The summed E-state index contributed by atoms with van der Waals surface area (Å²) in [7, 11) is 0. The van der Waals surface area contributed by atoms with Crippen molar-refractivity contribution < 1.29 is 4.52 Å². The molecule has 0 saturated heterocycles. The Labute approximate surface area is 165 Å². The average molecular weight is 390 g/mol. The molecule has 2 heterocycles. The predicted octanol–water partition coefficient (Wildman–Crippen LogP) is 4.63. The van der Waals surface area contributed by atoms with Crippen LogP contribution in [0, 0.1) is 0 Å². The predicted molar refractivity (Wildman–Crippen MR) is 108 cm³/mol. The van der Waals surface area contributed by atoms with Gasteiger partial charge in [-0.3, -0.25) is 9.36 Å². The van der Waals surface area contributed by atoms with Gasteiger partial charge in [0, 0.05) is 11.6 Å². The molecule has 0 unspecified atom stereocenters. The van der Waals surface area contributed by atoms with Crippen LogP contribution in [0.1, 0.15) is 36.9 Å². The molecule has 5 rings (SSSR count). The van der Waals surface area contributed by atoms with E-state index < -0.39 is 0 Å². The molecule has 4 aromatic rings. The second-order valence-electron chi connectivity index (χ2n) is 6.90. The van der Waals surface area contributed by atoms with Gasteiger partial charge >= 0.3 is 0 Å². The summed E-state index contributed by atoms with van der Waals surface area (Å²) in [5.74, 6) is 1.09. The Morgan fingerprint density at radius 1 is 1.07 bits per heavy atom. The SMILES string of the molecule is C[C@H](Sc1nc2ccccc2c(=O)n1C1CC1)c1nc(-c2ccccc2)no1. The Hall–Kier alpha value is -2.93. The minimum atomic E-state index is -0.122. The number of fused-ring (bicyclic) bond motifs is 1. The summed E-state index contributed by atoms with van der Waals surface area (Å²) in [6.45, 7) is 1.99. The highest BCUT2D eigenvalue weighted by atomic mass is 32.2. The highest BCUT2D eigenvalue weighted by Crippen LogP contribution is 2.40. The Bertz CT molecular complexity index is 1200. The molecule has 2 aromatic heterocycles. The van der Waals surface area contributed by atoms with Crippen molar-refractivity contribution in [3.8, 4) is 11.4 Å². The molecule has 28 heavy (non-hydrogen) atoms. The van der Waals surface area contributed by atoms with Crippen LogP contribution in [0.4, 0.5) is 0 Å². The molecule has 0 bridgehead atoms. The zero-order valence-electron chi connectivity index (χ0n) is 15.3. The van der Waals surface area contributed by atoms with Crippen molar-refractivity contribution in [3.05, 3.63) is 70.8 Å². The highest BCUT2D eigenvalue weighted by molar-refractivity contribution is 7.99. The number of hydrogen-bond acceptors (Lipinski definition) is 6. The van der Waals surface area contributed by atoms with E-state index in [0.717, 1.165) is 23.9 Å². The first-order valence-corrected chi connectivity index (χ1v) is 10.2. The van der Waals surface area contributed by atoms with Crippen LogP contribution >= 0.6 is 11.8 Å². The van der Waals surface area contributed by atoms with Gasteiger partial charge in [0.05, 0.1) is 16.2 Å². The van der Waals surface area contributed by atoms with E-state index in [1.807, 2.05) is 66.1 Å². The van der Waals surface area contributed by atoms with E-state index in [1.54, 1.807) is 0 Å². The fourth-order valence-corrected chi connectivity index (χ4v) is 4.19. The van der Waals surface area contributed by atoms with E-state index in [0.29, 0.717) is 22.3 Å². The van der Waals surface area contributed by atoms with Crippen LogP contribution in [0.25, 0.3) is 22.3 Å². The van der Waals surface area contributed by atoms with Crippen LogP contribution in [-0.4, -0.2) is 19.7 Å². The maximum Gasteiger partial charge on any atom is 0.262 e. The quantitative estimate of drug-likeness (QED) is 0.365. The molecule has 2 aromatic carbocycles. The Balaban J connectivity index is 1.49. The third-order valence-electron chi connectivity index (χ3n) is 4.79. The molecule has 0 radical (unpaired) electrons. The summed E-state index contributed by atoms with van der Waals surface area (Å²) in [5, 5.41) is 5.35. The monoisotopic (exact) mass is 390 g/mol. The molecule has 1 atom stereocenters. The number of aromatic nitrogens is 4. The molecular formula is C21H18N4O2S. The molecule has 0 aliphatic heterocycles. The van der Waals surface area contributed by atoms with Crippen LogP contribution in [0.15, 0.2) is 69.1 Å². The van der Waals surface area contributed by atoms with Crippen LogP contribution in [0.3, 0.4) is 0 Å². The average Bonchev–Trinajstić information content (AvgIpc) is 3.43. The number of thioether (sulfide) groups is 1. The molecule has 140 valence electrons. The molecule has 0 spiro atoms. The van der Waals surface area contributed by atoms with E-state index >= 15 is 0 Å². The lowest BCUT2D eigenvalue weighted by Gasteiger charge is -2.14. The molecule has 1 aliphatic carbocycles. The third-order valence-corrected chi connectivity index (χ3v) is 5.85. The molecule has 0 N–H and O–H groups in total. The van der Waals surface area contributed by atoms with E-state index in [1.165, 1.54) is 11.8 Å². The normalized spacial score (nSPS) is 15.0. The molecular weight excluding hydrogens is 372 g/mol. The first-order valence-electron chi connectivity index (χ1n) is 9.27. The van der Waals surface area contributed by atoms with E-state index in [4.69, 9.17) is 9.51 Å². The summed E-state index contributed by atoms with van der Waals surface area (Å²) >= 11 is 1.48. The largest absolute Gasteiger partial charge is 0.338 e. The summed E-state index contributed by atoms with van der Waals surface area (Å²) < 4.78 is 7.32. The molecule has 1 fully saturated rings. The number of rotatable bonds is 5.